The van der Waals surface area contributed by atoms with Crippen molar-refractivity contribution in [2.24, 2.45) is 0 Å². The van der Waals surface area contributed by atoms with Crippen LogP contribution in [-0.4, -0.2) is 52.8 Å². The van der Waals surface area contributed by atoms with E-state index in [1.807, 2.05) is 35.2 Å². The summed E-state index contributed by atoms with van der Waals surface area (Å²) in [5.74, 6) is 1.86. The van der Waals surface area contributed by atoms with Crippen LogP contribution in [0.4, 0.5) is 5.82 Å². The van der Waals surface area contributed by atoms with Gasteiger partial charge in [-0.2, -0.15) is 5.26 Å². The van der Waals surface area contributed by atoms with Gasteiger partial charge in [0, 0.05) is 26.2 Å². The maximum Gasteiger partial charge on any atom is 0.259 e. The van der Waals surface area contributed by atoms with Crippen LogP contribution >= 0.6 is 0 Å². The van der Waals surface area contributed by atoms with Crippen molar-refractivity contribution < 1.29 is 9.84 Å². The van der Waals surface area contributed by atoms with Crippen LogP contribution in [0.25, 0.3) is 0 Å². The number of nitrogens with zero attached hydrogens (tertiary/aromatic N) is 5. The molecule has 2 heterocycles. The minimum atomic E-state index is -0.978. The molecule has 0 bridgehead atoms. The summed E-state index contributed by atoms with van der Waals surface area (Å²) in [4.78, 5) is 3.96. The van der Waals surface area contributed by atoms with Crippen molar-refractivity contribution in [2.45, 2.75) is 26.2 Å². The second kappa shape index (κ2) is 8.13. The molecule has 136 valence electrons. The fourth-order valence-corrected chi connectivity index (χ4v) is 2.85. The Bertz CT molecular complexity index is 747. The Morgan fingerprint density at radius 1 is 1.04 bits per heavy atom. The predicted molar refractivity (Wildman–Crippen MR) is 97.7 cm³/mol. The Morgan fingerprint density at radius 2 is 1.73 bits per heavy atom. The van der Waals surface area contributed by atoms with Crippen LogP contribution in [0.2, 0.25) is 0 Å². The third-order valence-corrected chi connectivity index (χ3v) is 4.50. The largest absolute Gasteiger partial charge is 0.451 e. The Morgan fingerprint density at radius 3 is 2.27 bits per heavy atom. The number of ether oxygens (including phenoxy) is 1. The highest BCUT2D eigenvalue weighted by atomic mass is 16.6. The van der Waals surface area contributed by atoms with E-state index in [4.69, 9.17) is 10.00 Å². The number of hydrogen-bond donors (Lipinski definition) is 1. The van der Waals surface area contributed by atoms with Crippen LogP contribution in [0.3, 0.4) is 0 Å². The number of aromatic nitrogens is 2. The van der Waals surface area contributed by atoms with Gasteiger partial charge in [-0.1, -0.05) is 26.0 Å². The van der Waals surface area contributed by atoms with Crippen LogP contribution in [-0.2, 0) is 0 Å². The van der Waals surface area contributed by atoms with Crippen LogP contribution in [0.1, 0.15) is 31.0 Å². The molecular weight excluding hydrogens is 330 g/mol. The second-order valence-corrected chi connectivity index (χ2v) is 6.58. The molecular formula is C19H23N5O2. The fourth-order valence-electron chi connectivity index (χ4n) is 2.85. The van der Waals surface area contributed by atoms with Crippen molar-refractivity contribution in [3.63, 3.8) is 0 Å². The molecule has 1 N–H and O–H groups in total. The third-order valence-electron chi connectivity index (χ3n) is 4.50. The molecule has 0 spiro atoms. The molecule has 1 aliphatic heterocycles. The zero-order valence-electron chi connectivity index (χ0n) is 15.0. The zero-order chi connectivity index (χ0) is 18.5. The van der Waals surface area contributed by atoms with E-state index in [0.29, 0.717) is 43.5 Å². The average Bonchev–Trinajstić information content (AvgIpc) is 2.68. The van der Waals surface area contributed by atoms with Gasteiger partial charge in [-0.05, 0) is 35.7 Å². The molecule has 0 radical (unpaired) electrons. The van der Waals surface area contributed by atoms with Gasteiger partial charge in [0.2, 0.25) is 0 Å². The highest BCUT2D eigenvalue weighted by molar-refractivity contribution is 5.39. The Kier molecular flexibility index (Phi) is 5.66. The van der Waals surface area contributed by atoms with E-state index in [1.165, 1.54) is 5.56 Å². The monoisotopic (exact) mass is 353 g/mol. The minimum Gasteiger partial charge on any atom is -0.451 e. The second-order valence-electron chi connectivity index (χ2n) is 6.58. The Balaban J connectivity index is 1.52. The van der Waals surface area contributed by atoms with Crippen molar-refractivity contribution >= 4 is 5.82 Å². The molecule has 1 aromatic heterocycles. The minimum absolute atomic E-state index is 0.305. The molecule has 7 heteroatoms. The summed E-state index contributed by atoms with van der Waals surface area (Å²) in [6.07, 6.45) is -0.978. The Labute approximate surface area is 153 Å². The molecule has 1 fully saturated rings. The van der Waals surface area contributed by atoms with Crippen molar-refractivity contribution in [1.82, 2.24) is 15.1 Å². The predicted octanol–water partition coefficient (Wildman–Crippen LogP) is 1.95. The SMILES string of the molecule is CC(C)c1ccc(OC(O)N2CCN(c3ccc(C#N)nn3)CC2)cc1. The summed E-state index contributed by atoms with van der Waals surface area (Å²) in [6, 6.07) is 13.2. The van der Waals surface area contributed by atoms with E-state index in [-0.39, 0.29) is 0 Å². The average molecular weight is 353 g/mol. The molecule has 26 heavy (non-hydrogen) atoms. The zero-order valence-corrected chi connectivity index (χ0v) is 15.0. The van der Waals surface area contributed by atoms with E-state index in [2.05, 4.69) is 28.9 Å². The molecule has 1 unspecified atom stereocenters. The van der Waals surface area contributed by atoms with Crippen molar-refractivity contribution in [3.8, 4) is 11.8 Å². The number of benzene rings is 1. The highest BCUT2D eigenvalue weighted by Gasteiger charge is 2.24. The van der Waals surface area contributed by atoms with Crippen molar-refractivity contribution in [1.29, 1.82) is 5.26 Å². The van der Waals surface area contributed by atoms with E-state index < -0.39 is 6.41 Å². The van der Waals surface area contributed by atoms with E-state index in [0.717, 1.165) is 5.82 Å². The van der Waals surface area contributed by atoms with Crippen LogP contribution in [0.5, 0.6) is 5.75 Å². The highest BCUT2D eigenvalue weighted by Crippen LogP contribution is 2.20. The molecule has 1 aromatic carbocycles. The van der Waals surface area contributed by atoms with E-state index in [1.54, 1.807) is 12.1 Å². The topological polar surface area (TPSA) is 85.5 Å². The lowest BCUT2D eigenvalue weighted by Gasteiger charge is -2.37. The molecule has 7 nitrogen and oxygen atoms in total. The van der Waals surface area contributed by atoms with Crippen molar-refractivity contribution in [2.75, 3.05) is 31.1 Å². The van der Waals surface area contributed by atoms with Gasteiger partial charge in [0.1, 0.15) is 11.8 Å². The smallest absolute Gasteiger partial charge is 0.259 e. The summed E-state index contributed by atoms with van der Waals surface area (Å²) in [5.41, 5.74) is 1.55. The molecule has 2 aromatic rings. The lowest BCUT2D eigenvalue weighted by atomic mass is 10.0. The number of hydrogen-bond acceptors (Lipinski definition) is 7. The molecule has 0 saturated carbocycles. The normalized spacial score (nSPS) is 16.3. The maximum absolute atomic E-state index is 10.4. The number of aliphatic hydroxyl groups excluding tert-OH is 1. The maximum atomic E-state index is 10.4. The van der Waals surface area contributed by atoms with Gasteiger partial charge in [0.25, 0.3) is 6.41 Å². The van der Waals surface area contributed by atoms with E-state index >= 15 is 0 Å². The number of nitriles is 1. The van der Waals surface area contributed by atoms with Crippen molar-refractivity contribution in [3.05, 3.63) is 47.7 Å². The number of aliphatic hydroxyl groups is 1. The van der Waals surface area contributed by atoms with Gasteiger partial charge in [-0.15, -0.1) is 10.2 Å². The summed E-state index contributed by atoms with van der Waals surface area (Å²) < 4.78 is 5.66. The third kappa shape index (κ3) is 4.28. The van der Waals surface area contributed by atoms with Crippen LogP contribution in [0, 0.1) is 11.3 Å². The molecule has 1 atom stereocenters. The van der Waals surface area contributed by atoms with Gasteiger partial charge in [-0.25, -0.2) is 4.90 Å². The lowest BCUT2D eigenvalue weighted by molar-refractivity contribution is -0.137. The summed E-state index contributed by atoms with van der Waals surface area (Å²) >= 11 is 0. The standard InChI is InChI=1S/C19H23N5O2/c1-14(2)15-3-6-17(7-4-15)26-19(25)24-11-9-23(10-12-24)18-8-5-16(13-20)21-22-18/h3-8,14,19,25H,9-12H2,1-2H3. The molecule has 0 aliphatic carbocycles. The number of rotatable bonds is 5. The summed E-state index contributed by atoms with van der Waals surface area (Å²) in [7, 11) is 0. The molecule has 0 amide bonds. The molecule has 3 rings (SSSR count). The van der Waals surface area contributed by atoms with Gasteiger partial charge in [-0.3, -0.25) is 0 Å². The number of anilines is 1. The summed E-state index contributed by atoms with van der Waals surface area (Å²) in [6.45, 7) is 6.98. The van der Waals surface area contributed by atoms with Gasteiger partial charge >= 0.3 is 0 Å². The first-order chi connectivity index (χ1) is 12.6. The van der Waals surface area contributed by atoms with Gasteiger partial charge in [0.05, 0.1) is 0 Å². The molecule has 1 saturated heterocycles. The Hall–Kier alpha value is -2.69. The molecule has 1 aliphatic rings. The van der Waals surface area contributed by atoms with Gasteiger partial charge in [0.15, 0.2) is 11.5 Å². The van der Waals surface area contributed by atoms with E-state index in [9.17, 15) is 5.11 Å². The summed E-state index contributed by atoms with van der Waals surface area (Å²) in [5, 5.41) is 27.1. The first-order valence-electron chi connectivity index (χ1n) is 8.74. The lowest BCUT2D eigenvalue weighted by Crippen LogP contribution is -2.52. The fraction of sp³-hybridized carbons (Fsp3) is 0.421. The first kappa shape index (κ1) is 18.1. The van der Waals surface area contributed by atoms with Gasteiger partial charge < -0.3 is 14.7 Å². The first-order valence-corrected chi connectivity index (χ1v) is 8.74. The quantitative estimate of drug-likeness (QED) is 0.822. The number of piperazine rings is 1. The van der Waals surface area contributed by atoms with Crippen LogP contribution < -0.4 is 9.64 Å². The van der Waals surface area contributed by atoms with Crippen LogP contribution in [0.15, 0.2) is 36.4 Å².